The van der Waals surface area contributed by atoms with Gasteiger partial charge < -0.3 is 34.0 Å². The largest absolute Gasteiger partial charge is 0.510 e. The molecule has 218 valence electrons. The summed E-state index contributed by atoms with van der Waals surface area (Å²) in [5, 5.41) is 0. The first-order valence-corrected chi connectivity index (χ1v) is 14.3. The molecule has 1 aromatic heterocycles. The number of hydrogen-bond donors (Lipinski definition) is 1. The molecule has 5 heterocycles. The first kappa shape index (κ1) is 26.8. The summed E-state index contributed by atoms with van der Waals surface area (Å²) >= 11 is 1.56. The zero-order chi connectivity index (χ0) is 29.0. The van der Waals surface area contributed by atoms with Gasteiger partial charge in [0.1, 0.15) is 17.6 Å². The highest BCUT2D eigenvalue weighted by molar-refractivity contribution is 7.98. The van der Waals surface area contributed by atoms with Crippen LogP contribution in [-0.2, 0) is 31.1 Å². The van der Waals surface area contributed by atoms with E-state index in [0.29, 0.717) is 42.2 Å². The lowest BCUT2D eigenvalue weighted by molar-refractivity contribution is -0.241. The molecule has 11 nitrogen and oxygen atoms in total. The monoisotopic (exact) mass is 595 g/mol. The Balaban J connectivity index is 1.37. The number of hydrogen-bond acceptors (Lipinski definition) is 10. The Morgan fingerprint density at radius 2 is 2.02 bits per heavy atom. The second-order valence-corrected chi connectivity index (χ2v) is 11.5. The number of aromatic nitrogens is 1. The van der Waals surface area contributed by atoms with Crippen molar-refractivity contribution in [3.8, 4) is 17.0 Å². The fraction of sp³-hybridized carbons (Fsp3) is 0.345. The van der Waals surface area contributed by atoms with Gasteiger partial charge in [-0.2, -0.15) is 0 Å². The highest BCUT2D eigenvalue weighted by atomic mass is 32.2. The first-order valence-electron chi connectivity index (χ1n) is 13.3. The number of thioether (sulfide) groups is 1. The van der Waals surface area contributed by atoms with Crippen molar-refractivity contribution in [2.24, 2.45) is 0 Å². The molecule has 0 bridgehead atoms. The molecule has 4 aliphatic heterocycles. The van der Waals surface area contributed by atoms with E-state index in [-0.39, 0.29) is 30.4 Å². The number of methoxy groups -OCH3 is 1. The van der Waals surface area contributed by atoms with Crippen LogP contribution in [0.3, 0.4) is 0 Å². The van der Waals surface area contributed by atoms with Crippen molar-refractivity contribution in [2.75, 3.05) is 45.7 Å². The van der Waals surface area contributed by atoms with Crippen molar-refractivity contribution in [1.29, 1.82) is 0 Å². The summed E-state index contributed by atoms with van der Waals surface area (Å²) in [5.74, 6) is -0.678. The molecule has 7 rings (SSSR count). The minimum atomic E-state index is -1.00. The van der Waals surface area contributed by atoms with Crippen LogP contribution in [0.25, 0.3) is 11.3 Å². The van der Waals surface area contributed by atoms with Crippen LogP contribution < -0.4 is 15.6 Å². The highest BCUT2D eigenvalue weighted by Crippen LogP contribution is 2.40. The molecule has 2 aromatic carbocycles. The fourth-order valence-corrected chi connectivity index (χ4v) is 6.88. The van der Waals surface area contributed by atoms with Gasteiger partial charge >= 0.3 is 6.16 Å². The van der Waals surface area contributed by atoms with E-state index in [1.54, 1.807) is 22.7 Å². The number of rotatable bonds is 4. The first-order chi connectivity index (χ1) is 20.4. The van der Waals surface area contributed by atoms with Crippen molar-refractivity contribution in [3.05, 3.63) is 80.9 Å². The SMILES string of the molecule is COC(=O)OCOc1c2n(c(-c3ccc(F)c4c3Cc3ccccc3SC4)cc1=O)N[C@@H]1COC3(COC3)CN1C2=O. The Morgan fingerprint density at radius 1 is 1.19 bits per heavy atom. The molecule has 1 atom stereocenters. The second-order valence-electron chi connectivity index (χ2n) is 10.5. The number of halogens is 1. The van der Waals surface area contributed by atoms with E-state index in [1.165, 1.54) is 16.8 Å². The summed E-state index contributed by atoms with van der Waals surface area (Å²) < 4.78 is 43.0. The van der Waals surface area contributed by atoms with E-state index in [4.69, 9.17) is 18.9 Å². The molecule has 0 radical (unpaired) electrons. The number of nitrogens with zero attached hydrogens (tertiary/aromatic N) is 2. The van der Waals surface area contributed by atoms with Crippen LogP contribution in [0.5, 0.6) is 5.75 Å². The molecule has 0 unspecified atom stereocenters. The van der Waals surface area contributed by atoms with Gasteiger partial charge in [-0.25, -0.2) is 13.9 Å². The van der Waals surface area contributed by atoms with E-state index >= 15 is 4.39 Å². The number of nitrogens with one attached hydrogen (secondary N) is 1. The van der Waals surface area contributed by atoms with Gasteiger partial charge in [0.05, 0.1) is 39.2 Å². The third kappa shape index (κ3) is 4.39. The fourth-order valence-electron chi connectivity index (χ4n) is 5.77. The minimum Gasteiger partial charge on any atom is -0.451 e. The average Bonchev–Trinajstić information content (AvgIpc) is 3.18. The molecule has 1 N–H and O–H groups in total. The lowest BCUT2D eigenvalue weighted by Crippen LogP contribution is -2.70. The van der Waals surface area contributed by atoms with Crippen molar-refractivity contribution in [2.45, 2.75) is 28.8 Å². The van der Waals surface area contributed by atoms with Crippen molar-refractivity contribution < 1.29 is 37.7 Å². The van der Waals surface area contributed by atoms with Crippen LogP contribution in [0, 0.1) is 5.82 Å². The zero-order valence-electron chi connectivity index (χ0n) is 22.5. The van der Waals surface area contributed by atoms with E-state index in [0.717, 1.165) is 23.1 Å². The zero-order valence-corrected chi connectivity index (χ0v) is 23.3. The molecular weight excluding hydrogens is 569 g/mol. The van der Waals surface area contributed by atoms with E-state index in [9.17, 15) is 14.4 Å². The molecule has 0 saturated carbocycles. The van der Waals surface area contributed by atoms with E-state index in [2.05, 4.69) is 10.2 Å². The summed E-state index contributed by atoms with van der Waals surface area (Å²) in [4.78, 5) is 41.9. The molecule has 13 heteroatoms. The topological polar surface area (TPSA) is 118 Å². The van der Waals surface area contributed by atoms with E-state index < -0.39 is 36.1 Å². The number of morpholine rings is 1. The smallest absolute Gasteiger partial charge is 0.451 e. The maximum Gasteiger partial charge on any atom is 0.510 e. The molecule has 3 aromatic rings. The van der Waals surface area contributed by atoms with Crippen molar-refractivity contribution >= 4 is 23.8 Å². The molecule has 42 heavy (non-hydrogen) atoms. The van der Waals surface area contributed by atoms with Gasteiger partial charge in [0.15, 0.2) is 5.69 Å². The predicted octanol–water partition coefficient (Wildman–Crippen LogP) is 3.09. The molecule has 2 saturated heterocycles. The normalized spacial score (nSPS) is 19.7. The third-order valence-electron chi connectivity index (χ3n) is 7.93. The van der Waals surface area contributed by atoms with Crippen LogP contribution in [-0.4, -0.2) is 73.7 Å². The molecule has 1 amide bonds. The van der Waals surface area contributed by atoms with Crippen LogP contribution in [0.4, 0.5) is 9.18 Å². The van der Waals surface area contributed by atoms with Gasteiger partial charge in [-0.05, 0) is 35.7 Å². The maximum atomic E-state index is 15.2. The quantitative estimate of drug-likeness (QED) is 0.356. The number of benzene rings is 2. The van der Waals surface area contributed by atoms with Crippen LogP contribution in [0.2, 0.25) is 0 Å². The van der Waals surface area contributed by atoms with Gasteiger partial charge in [-0.15, -0.1) is 11.8 Å². The summed E-state index contributed by atoms with van der Waals surface area (Å²) in [6.07, 6.45) is -1.11. The average molecular weight is 596 g/mol. The van der Waals surface area contributed by atoms with Gasteiger partial charge in [-0.3, -0.25) is 9.59 Å². The van der Waals surface area contributed by atoms with Crippen molar-refractivity contribution in [1.82, 2.24) is 9.58 Å². The molecule has 1 spiro atoms. The summed E-state index contributed by atoms with van der Waals surface area (Å²) in [6.45, 7) is 0.501. The van der Waals surface area contributed by atoms with Crippen LogP contribution >= 0.6 is 11.8 Å². The summed E-state index contributed by atoms with van der Waals surface area (Å²) in [7, 11) is 1.14. The van der Waals surface area contributed by atoms with E-state index in [1.807, 2.05) is 24.3 Å². The van der Waals surface area contributed by atoms with Gasteiger partial charge in [0, 0.05) is 27.8 Å². The van der Waals surface area contributed by atoms with Gasteiger partial charge in [0.2, 0.25) is 18.0 Å². The Hall–Kier alpha value is -4.07. The minimum absolute atomic E-state index is 0.0685. The predicted molar refractivity (Wildman–Crippen MR) is 148 cm³/mol. The summed E-state index contributed by atoms with van der Waals surface area (Å²) in [5.41, 5.74) is 5.33. The molecule has 2 fully saturated rings. The standard InChI is InChI=1S/C29H26FN3O8S/c1-37-28(36)40-15-39-26-22(34)9-21(33-25(26)27(35)32-12-29(13-38-14-29)41-10-24(32)31-33)17-6-7-20(30)19-11-42-23-5-3-2-4-16(23)8-18(17)19/h2-7,9,24,31H,8,10-15H2,1H3/t24-/m0/s1. The third-order valence-corrected chi connectivity index (χ3v) is 9.08. The number of fused-ring (bicyclic) bond motifs is 4. The lowest BCUT2D eigenvalue weighted by atomic mass is 9.92. The number of ether oxygens (including phenoxy) is 5. The Bertz CT molecular complexity index is 1670. The van der Waals surface area contributed by atoms with Crippen LogP contribution in [0.1, 0.15) is 27.2 Å². The molecular formula is C29H26FN3O8S. The van der Waals surface area contributed by atoms with Gasteiger partial charge in [0.25, 0.3) is 5.91 Å². The maximum absolute atomic E-state index is 15.2. The summed E-state index contributed by atoms with van der Waals surface area (Å²) in [6, 6.07) is 12.3. The van der Waals surface area contributed by atoms with Crippen LogP contribution in [0.15, 0.2) is 52.2 Å². The van der Waals surface area contributed by atoms with Gasteiger partial charge in [-0.1, -0.05) is 18.2 Å². The number of carbonyl (C=O) groups is 2. The van der Waals surface area contributed by atoms with Crippen molar-refractivity contribution in [3.63, 3.8) is 0 Å². The molecule has 4 aliphatic rings. The lowest BCUT2D eigenvalue weighted by Gasteiger charge is -2.52. The number of carbonyl (C=O) groups excluding carboxylic acids is 2. The Kier molecular flexibility index (Phi) is 6.59. The molecule has 0 aliphatic carbocycles. The number of amides is 1. The highest BCUT2D eigenvalue weighted by Gasteiger charge is 2.50. The second kappa shape index (κ2) is 10.3. The Labute approximate surface area is 243 Å². The number of pyridine rings is 1. The Morgan fingerprint density at radius 3 is 2.81 bits per heavy atom.